The van der Waals surface area contributed by atoms with E-state index in [4.69, 9.17) is 21.7 Å². The van der Waals surface area contributed by atoms with E-state index in [1.54, 1.807) is 0 Å². The molecule has 0 saturated carbocycles. The third-order valence-corrected chi connectivity index (χ3v) is 2.06. The predicted molar refractivity (Wildman–Crippen MR) is 75.7 cm³/mol. The standard InChI is InChI=1S/C6H14N2O2.C5H14NO.2ClH/c7-4-2-1-3-5(8)6(9)10;1-6(2,3)4-5-7;;/h5H,1-4,7-8H2,(H,9,10);7H,4-5H2,1-3H3;2*1H/q;+1;;/p-1. The number of aliphatic hydroxyl groups excluding tert-OH is 1. The lowest BCUT2D eigenvalue weighted by Crippen LogP contribution is -3.00. The summed E-state index contributed by atoms with van der Waals surface area (Å²) >= 11 is 0. The van der Waals surface area contributed by atoms with Gasteiger partial charge in [0.2, 0.25) is 0 Å². The molecular formula is C11H29Cl2N3O3. The summed E-state index contributed by atoms with van der Waals surface area (Å²) in [6.07, 6.45) is 2.16. The van der Waals surface area contributed by atoms with Gasteiger partial charge in [-0.2, -0.15) is 0 Å². The molecule has 0 radical (unpaired) electrons. The fourth-order valence-corrected chi connectivity index (χ4v) is 0.932. The largest absolute Gasteiger partial charge is 1.00 e. The van der Waals surface area contributed by atoms with Crippen molar-refractivity contribution in [2.24, 2.45) is 11.5 Å². The van der Waals surface area contributed by atoms with Crippen molar-refractivity contribution in [3.05, 3.63) is 0 Å². The first kappa shape index (κ1) is 27.3. The fraction of sp³-hybridized carbons (Fsp3) is 0.909. The minimum Gasteiger partial charge on any atom is -1.00 e. The number of carboxylic acid groups (broad SMARTS) is 1. The number of carbonyl (C=O) groups is 1. The van der Waals surface area contributed by atoms with Crippen LogP contribution in [0.3, 0.4) is 0 Å². The number of quaternary nitrogens is 1. The van der Waals surface area contributed by atoms with Crippen LogP contribution in [0.1, 0.15) is 19.3 Å². The summed E-state index contributed by atoms with van der Waals surface area (Å²) in [7, 11) is 6.16. The van der Waals surface area contributed by atoms with E-state index < -0.39 is 12.0 Å². The van der Waals surface area contributed by atoms with E-state index in [9.17, 15) is 4.79 Å². The van der Waals surface area contributed by atoms with E-state index in [-0.39, 0.29) is 31.4 Å². The SMILES string of the molecule is C[N+](C)(C)CCO.Cl.NCCCCC(N)C(=O)O.[Cl-]. The minimum absolute atomic E-state index is 0. The number of likely N-dealkylation sites (N-methyl/N-ethyl adjacent to an activating group) is 1. The predicted octanol–water partition coefficient (Wildman–Crippen LogP) is -3.36. The molecule has 0 aliphatic heterocycles. The van der Waals surface area contributed by atoms with Crippen molar-refractivity contribution in [2.45, 2.75) is 25.3 Å². The highest BCUT2D eigenvalue weighted by molar-refractivity contribution is 5.85. The van der Waals surface area contributed by atoms with Gasteiger partial charge in [-0.05, 0) is 19.4 Å². The molecule has 0 spiro atoms. The normalized spacial score (nSPS) is 11.3. The Kier molecular flexibility index (Phi) is 22.9. The number of nitrogens with zero attached hydrogens (tertiary/aromatic N) is 1. The maximum atomic E-state index is 10.1. The summed E-state index contributed by atoms with van der Waals surface area (Å²) in [5.74, 6) is -0.933. The summed E-state index contributed by atoms with van der Waals surface area (Å²) < 4.78 is 0.844. The number of unbranched alkanes of at least 4 members (excludes halogenated alkanes) is 1. The molecule has 19 heavy (non-hydrogen) atoms. The van der Waals surface area contributed by atoms with E-state index in [1.165, 1.54) is 0 Å². The van der Waals surface area contributed by atoms with E-state index in [0.717, 1.165) is 23.9 Å². The Morgan fingerprint density at radius 1 is 1.26 bits per heavy atom. The first-order valence-electron chi connectivity index (χ1n) is 5.84. The van der Waals surface area contributed by atoms with Crippen LogP contribution < -0.4 is 23.9 Å². The molecule has 6 nitrogen and oxygen atoms in total. The van der Waals surface area contributed by atoms with E-state index in [1.807, 2.05) is 0 Å². The highest BCUT2D eigenvalue weighted by Gasteiger charge is 2.09. The first-order valence-corrected chi connectivity index (χ1v) is 5.84. The van der Waals surface area contributed by atoms with Crippen molar-refractivity contribution in [2.75, 3.05) is 40.8 Å². The highest BCUT2D eigenvalue weighted by Crippen LogP contribution is 1.96. The maximum Gasteiger partial charge on any atom is 0.320 e. The van der Waals surface area contributed by atoms with Crippen molar-refractivity contribution in [3.8, 4) is 0 Å². The Labute approximate surface area is 128 Å². The molecule has 6 N–H and O–H groups in total. The Morgan fingerprint density at radius 2 is 1.74 bits per heavy atom. The fourth-order valence-electron chi connectivity index (χ4n) is 0.932. The second-order valence-electron chi connectivity index (χ2n) is 4.97. The maximum absolute atomic E-state index is 10.1. The number of aliphatic carboxylic acids is 1. The van der Waals surface area contributed by atoms with Gasteiger partial charge in [0.05, 0.1) is 27.7 Å². The lowest BCUT2D eigenvalue weighted by atomic mass is 10.1. The number of carboxylic acids is 1. The number of nitrogens with two attached hydrogens (primary N) is 2. The van der Waals surface area contributed by atoms with Crippen LogP contribution in [-0.4, -0.2) is 67.5 Å². The third kappa shape index (κ3) is 27.2. The van der Waals surface area contributed by atoms with Gasteiger partial charge in [-0.15, -0.1) is 12.4 Å². The Balaban J connectivity index is -0.000000112. The Bertz CT molecular complexity index is 202. The first-order chi connectivity index (χ1) is 7.74. The number of aliphatic hydroxyl groups is 1. The summed E-state index contributed by atoms with van der Waals surface area (Å²) in [6, 6.07) is -0.716. The lowest BCUT2D eigenvalue weighted by molar-refractivity contribution is -0.870. The van der Waals surface area contributed by atoms with E-state index >= 15 is 0 Å². The number of hydrogen-bond acceptors (Lipinski definition) is 4. The van der Waals surface area contributed by atoms with Gasteiger partial charge in [0.15, 0.2) is 0 Å². The molecule has 0 aromatic rings. The second kappa shape index (κ2) is 15.9. The van der Waals surface area contributed by atoms with Crippen molar-refractivity contribution in [1.29, 1.82) is 0 Å². The van der Waals surface area contributed by atoms with E-state index in [0.29, 0.717) is 13.0 Å². The van der Waals surface area contributed by atoms with Crippen LogP contribution in [-0.2, 0) is 4.79 Å². The zero-order valence-electron chi connectivity index (χ0n) is 12.0. The van der Waals surface area contributed by atoms with E-state index in [2.05, 4.69) is 21.1 Å². The van der Waals surface area contributed by atoms with Crippen LogP contribution in [0.15, 0.2) is 0 Å². The van der Waals surface area contributed by atoms with Crippen LogP contribution in [0.2, 0.25) is 0 Å². The molecule has 0 saturated heterocycles. The molecular weight excluding hydrogens is 293 g/mol. The van der Waals surface area contributed by atoms with Gasteiger partial charge in [-0.1, -0.05) is 6.42 Å². The number of hydrogen-bond donors (Lipinski definition) is 4. The number of halogens is 2. The topological polar surface area (TPSA) is 110 Å². The molecule has 1 atom stereocenters. The van der Waals surface area contributed by atoms with Crippen molar-refractivity contribution in [3.63, 3.8) is 0 Å². The van der Waals surface area contributed by atoms with Gasteiger partial charge in [0, 0.05) is 0 Å². The van der Waals surface area contributed by atoms with Crippen molar-refractivity contribution < 1.29 is 31.9 Å². The third-order valence-electron chi connectivity index (χ3n) is 2.06. The van der Waals surface area contributed by atoms with Gasteiger partial charge in [-0.3, -0.25) is 4.79 Å². The summed E-state index contributed by atoms with van der Waals surface area (Å²) in [6.45, 7) is 1.72. The van der Waals surface area contributed by atoms with Gasteiger partial charge in [0.25, 0.3) is 0 Å². The molecule has 0 fully saturated rings. The Hall–Kier alpha value is -0.110. The van der Waals surface area contributed by atoms with Crippen molar-refractivity contribution in [1.82, 2.24) is 0 Å². The quantitative estimate of drug-likeness (QED) is 0.289. The second-order valence-corrected chi connectivity index (χ2v) is 4.97. The van der Waals surface area contributed by atoms with Gasteiger partial charge in [-0.25, -0.2) is 0 Å². The zero-order chi connectivity index (χ0) is 13.9. The van der Waals surface area contributed by atoms with Gasteiger partial charge < -0.3 is 38.6 Å². The lowest BCUT2D eigenvalue weighted by Gasteiger charge is -2.21. The number of rotatable bonds is 7. The van der Waals surface area contributed by atoms with Gasteiger partial charge >= 0.3 is 5.97 Å². The Morgan fingerprint density at radius 3 is 1.95 bits per heavy atom. The monoisotopic (exact) mass is 321 g/mol. The average Bonchev–Trinajstić information content (AvgIpc) is 2.16. The molecule has 0 aliphatic carbocycles. The molecule has 1 unspecified atom stereocenters. The smallest absolute Gasteiger partial charge is 0.320 e. The average molecular weight is 322 g/mol. The molecule has 0 bridgehead atoms. The molecule has 8 heteroatoms. The molecule has 0 amide bonds. The molecule has 0 heterocycles. The summed E-state index contributed by atoms with van der Waals surface area (Å²) in [4.78, 5) is 10.1. The van der Waals surface area contributed by atoms with Gasteiger partial charge in [0.1, 0.15) is 12.6 Å². The molecule has 0 aromatic heterocycles. The van der Waals surface area contributed by atoms with Crippen LogP contribution in [0.25, 0.3) is 0 Å². The molecule has 120 valence electrons. The van der Waals surface area contributed by atoms with Crippen LogP contribution >= 0.6 is 12.4 Å². The highest BCUT2D eigenvalue weighted by atomic mass is 35.5. The minimum atomic E-state index is -0.933. The van der Waals surface area contributed by atoms with Crippen molar-refractivity contribution >= 4 is 18.4 Å². The van der Waals surface area contributed by atoms with Crippen LogP contribution in [0.5, 0.6) is 0 Å². The zero-order valence-corrected chi connectivity index (χ0v) is 13.6. The molecule has 0 aromatic carbocycles. The van der Waals surface area contributed by atoms with Crippen LogP contribution in [0, 0.1) is 0 Å². The summed E-state index contributed by atoms with van der Waals surface area (Å²) in [5, 5.41) is 16.7. The summed E-state index contributed by atoms with van der Waals surface area (Å²) in [5.41, 5.74) is 10.4. The molecule has 0 aliphatic rings. The van der Waals surface area contributed by atoms with Crippen LogP contribution in [0.4, 0.5) is 0 Å². The molecule has 0 rings (SSSR count).